The van der Waals surface area contributed by atoms with Crippen molar-refractivity contribution in [1.82, 2.24) is 15.5 Å². The number of amides is 2. The van der Waals surface area contributed by atoms with Crippen molar-refractivity contribution < 1.29 is 14.7 Å². The van der Waals surface area contributed by atoms with Gasteiger partial charge in [0, 0.05) is 13.1 Å². The average Bonchev–Trinajstić information content (AvgIpc) is 2.78. The summed E-state index contributed by atoms with van der Waals surface area (Å²) >= 11 is 0. The summed E-state index contributed by atoms with van der Waals surface area (Å²) < 4.78 is 0. The van der Waals surface area contributed by atoms with Crippen LogP contribution in [-0.4, -0.2) is 54.2 Å². The molecule has 1 rings (SSSR count). The Morgan fingerprint density at radius 1 is 1.28 bits per heavy atom. The number of nitrogens with one attached hydrogen (secondary N) is 2. The molecule has 1 fully saturated rings. The van der Waals surface area contributed by atoms with Gasteiger partial charge in [-0.25, -0.2) is 4.79 Å². The normalized spacial score (nSPS) is 17.7. The Balaban J connectivity index is 2.29. The number of hydrogen-bond acceptors (Lipinski definition) is 3. The van der Waals surface area contributed by atoms with Gasteiger partial charge in [0.2, 0.25) is 5.91 Å². The monoisotopic (exact) mass is 257 g/mol. The van der Waals surface area contributed by atoms with E-state index in [2.05, 4.69) is 15.5 Å². The lowest BCUT2D eigenvalue weighted by Crippen LogP contribution is -2.50. The van der Waals surface area contributed by atoms with Crippen LogP contribution >= 0.6 is 0 Å². The number of likely N-dealkylation sites (tertiary alicyclic amines) is 1. The predicted octanol–water partition coefficient (Wildman–Crippen LogP) is 0.491. The summed E-state index contributed by atoms with van der Waals surface area (Å²) in [6, 6.07) is -0.680. The summed E-state index contributed by atoms with van der Waals surface area (Å²) in [4.78, 5) is 24.7. The highest BCUT2D eigenvalue weighted by atomic mass is 16.4. The van der Waals surface area contributed by atoms with Crippen LogP contribution in [0.15, 0.2) is 0 Å². The maximum absolute atomic E-state index is 11.8. The molecule has 18 heavy (non-hydrogen) atoms. The van der Waals surface area contributed by atoms with Gasteiger partial charge in [0.1, 0.15) is 6.04 Å². The van der Waals surface area contributed by atoms with Crippen molar-refractivity contribution in [2.75, 3.05) is 26.2 Å². The first-order chi connectivity index (χ1) is 8.50. The molecule has 0 aromatic rings. The molecule has 0 bridgehead atoms. The molecule has 3 N–H and O–H groups in total. The summed E-state index contributed by atoms with van der Waals surface area (Å²) in [5.74, 6) is -0.306. The van der Waals surface area contributed by atoms with E-state index in [9.17, 15) is 9.59 Å². The number of rotatable bonds is 6. The fourth-order valence-corrected chi connectivity index (χ4v) is 2.12. The average molecular weight is 257 g/mol. The molecule has 0 saturated carbocycles. The number of carbonyl (C=O) groups is 2. The molecule has 0 aliphatic carbocycles. The minimum atomic E-state index is -1.16. The zero-order valence-electron chi connectivity index (χ0n) is 11.1. The van der Waals surface area contributed by atoms with Gasteiger partial charge in [-0.3, -0.25) is 4.79 Å². The Labute approximate surface area is 108 Å². The van der Waals surface area contributed by atoms with E-state index < -0.39 is 12.1 Å². The summed E-state index contributed by atoms with van der Waals surface area (Å²) in [6.07, 6.45) is 1.29. The van der Waals surface area contributed by atoms with Crippen LogP contribution in [0.4, 0.5) is 4.79 Å². The Morgan fingerprint density at radius 3 is 2.39 bits per heavy atom. The first-order valence-electron chi connectivity index (χ1n) is 6.50. The van der Waals surface area contributed by atoms with Crippen LogP contribution in [0.5, 0.6) is 0 Å². The van der Waals surface area contributed by atoms with E-state index in [4.69, 9.17) is 5.11 Å². The van der Waals surface area contributed by atoms with E-state index in [1.807, 2.05) is 13.8 Å². The highest BCUT2D eigenvalue weighted by Crippen LogP contribution is 2.06. The van der Waals surface area contributed by atoms with E-state index in [0.29, 0.717) is 6.54 Å². The lowest BCUT2D eigenvalue weighted by Gasteiger charge is -2.21. The molecule has 6 nitrogen and oxygen atoms in total. The largest absolute Gasteiger partial charge is 0.465 e. The SMILES string of the molecule is CC(C)C(NC(=O)O)C(=O)NCCN1CCCC1. The molecule has 1 atom stereocenters. The Kier molecular flexibility index (Phi) is 5.91. The van der Waals surface area contributed by atoms with Crippen LogP contribution in [-0.2, 0) is 4.79 Å². The molecule has 2 amide bonds. The van der Waals surface area contributed by atoms with Crippen LogP contribution in [0.2, 0.25) is 0 Å². The van der Waals surface area contributed by atoms with Crippen LogP contribution in [0.1, 0.15) is 26.7 Å². The van der Waals surface area contributed by atoms with E-state index in [1.54, 1.807) is 0 Å². The minimum Gasteiger partial charge on any atom is -0.465 e. The van der Waals surface area contributed by atoms with Gasteiger partial charge in [0.15, 0.2) is 0 Å². The van der Waals surface area contributed by atoms with Crippen LogP contribution < -0.4 is 10.6 Å². The highest BCUT2D eigenvalue weighted by Gasteiger charge is 2.23. The summed E-state index contributed by atoms with van der Waals surface area (Å²) in [5, 5.41) is 13.7. The third-order valence-corrected chi connectivity index (χ3v) is 3.15. The maximum atomic E-state index is 11.8. The van der Waals surface area contributed by atoms with E-state index >= 15 is 0 Å². The molecule has 1 saturated heterocycles. The standard InChI is InChI=1S/C12H23N3O3/c1-9(2)10(14-12(17)18)11(16)13-5-8-15-6-3-4-7-15/h9-10,14H,3-8H2,1-2H3,(H,13,16)(H,17,18). The van der Waals surface area contributed by atoms with Gasteiger partial charge in [0.25, 0.3) is 0 Å². The van der Waals surface area contributed by atoms with Crippen molar-refractivity contribution in [3.63, 3.8) is 0 Å². The van der Waals surface area contributed by atoms with Gasteiger partial charge in [-0.1, -0.05) is 13.8 Å². The van der Waals surface area contributed by atoms with Crippen LogP contribution in [0, 0.1) is 5.92 Å². The first-order valence-corrected chi connectivity index (χ1v) is 6.50. The second kappa shape index (κ2) is 7.20. The molecule has 1 aliphatic heterocycles. The van der Waals surface area contributed by atoms with Gasteiger partial charge < -0.3 is 20.6 Å². The van der Waals surface area contributed by atoms with Crippen LogP contribution in [0.25, 0.3) is 0 Å². The molecule has 1 unspecified atom stereocenters. The predicted molar refractivity (Wildman–Crippen MR) is 68.5 cm³/mol. The third-order valence-electron chi connectivity index (χ3n) is 3.15. The third kappa shape index (κ3) is 4.91. The highest BCUT2D eigenvalue weighted by molar-refractivity contribution is 5.85. The summed E-state index contributed by atoms with van der Waals surface area (Å²) in [6.45, 7) is 7.24. The number of nitrogens with zero attached hydrogens (tertiary/aromatic N) is 1. The molecular formula is C12H23N3O3. The second-order valence-corrected chi connectivity index (χ2v) is 5.01. The molecule has 0 spiro atoms. The van der Waals surface area contributed by atoms with Gasteiger partial charge >= 0.3 is 6.09 Å². The Morgan fingerprint density at radius 2 is 1.89 bits per heavy atom. The van der Waals surface area contributed by atoms with E-state index in [0.717, 1.165) is 19.6 Å². The number of hydrogen-bond donors (Lipinski definition) is 3. The molecule has 0 aromatic carbocycles. The molecule has 1 aliphatic rings. The van der Waals surface area contributed by atoms with Gasteiger partial charge in [-0.05, 0) is 31.8 Å². The topological polar surface area (TPSA) is 81.7 Å². The van der Waals surface area contributed by atoms with Gasteiger partial charge in [-0.2, -0.15) is 0 Å². The van der Waals surface area contributed by atoms with Crippen molar-refractivity contribution in [3.05, 3.63) is 0 Å². The van der Waals surface area contributed by atoms with Crippen molar-refractivity contribution >= 4 is 12.0 Å². The molecule has 0 aromatic heterocycles. The van der Waals surface area contributed by atoms with Crippen molar-refractivity contribution in [2.24, 2.45) is 5.92 Å². The zero-order chi connectivity index (χ0) is 13.5. The first kappa shape index (κ1) is 14.8. The lowest BCUT2D eigenvalue weighted by molar-refractivity contribution is -0.124. The minimum absolute atomic E-state index is 0.0621. The molecule has 1 heterocycles. The van der Waals surface area contributed by atoms with Crippen molar-refractivity contribution in [1.29, 1.82) is 0 Å². The van der Waals surface area contributed by atoms with Crippen molar-refractivity contribution in [2.45, 2.75) is 32.7 Å². The van der Waals surface area contributed by atoms with Gasteiger partial charge in [-0.15, -0.1) is 0 Å². The molecule has 104 valence electrons. The lowest BCUT2D eigenvalue weighted by atomic mass is 10.0. The smallest absolute Gasteiger partial charge is 0.405 e. The zero-order valence-corrected chi connectivity index (χ0v) is 11.1. The molecular weight excluding hydrogens is 234 g/mol. The van der Waals surface area contributed by atoms with Crippen LogP contribution in [0.3, 0.4) is 0 Å². The van der Waals surface area contributed by atoms with Gasteiger partial charge in [0.05, 0.1) is 0 Å². The Hall–Kier alpha value is -1.30. The summed E-state index contributed by atoms with van der Waals surface area (Å²) in [5.41, 5.74) is 0. The maximum Gasteiger partial charge on any atom is 0.405 e. The second-order valence-electron chi connectivity index (χ2n) is 5.01. The fraction of sp³-hybridized carbons (Fsp3) is 0.833. The molecule has 6 heteroatoms. The van der Waals surface area contributed by atoms with Crippen molar-refractivity contribution in [3.8, 4) is 0 Å². The molecule has 0 radical (unpaired) electrons. The fourth-order valence-electron chi connectivity index (χ4n) is 2.12. The quantitative estimate of drug-likeness (QED) is 0.647. The Bertz CT molecular complexity index is 288. The van der Waals surface area contributed by atoms with E-state index in [-0.39, 0.29) is 11.8 Å². The number of carboxylic acid groups (broad SMARTS) is 1. The van der Waals surface area contributed by atoms with E-state index in [1.165, 1.54) is 12.8 Å². The number of carbonyl (C=O) groups excluding carboxylic acids is 1. The summed E-state index contributed by atoms with van der Waals surface area (Å²) in [7, 11) is 0.